The number of ketones is 1. The van der Waals surface area contributed by atoms with E-state index in [1.54, 1.807) is 18.5 Å². The number of nitrogens with zero attached hydrogens (tertiary/aromatic N) is 3. The number of rotatable bonds is 6. The molecule has 0 fully saturated rings. The zero-order valence-electron chi connectivity index (χ0n) is 10.6. The largest absolute Gasteiger partial charge is 0.366 e. The van der Waals surface area contributed by atoms with Gasteiger partial charge in [0.05, 0.1) is 6.54 Å². The minimum absolute atomic E-state index is 0.0601. The summed E-state index contributed by atoms with van der Waals surface area (Å²) in [6.07, 6.45) is 4.95. The Morgan fingerprint density at radius 1 is 1.16 bits per heavy atom. The van der Waals surface area contributed by atoms with Crippen molar-refractivity contribution in [1.29, 1.82) is 0 Å². The molecule has 2 rings (SSSR count). The third-order valence-corrected chi connectivity index (χ3v) is 2.41. The fourth-order valence-corrected chi connectivity index (χ4v) is 1.46. The molecule has 0 spiro atoms. The van der Waals surface area contributed by atoms with Gasteiger partial charge >= 0.3 is 0 Å². The lowest BCUT2D eigenvalue weighted by Gasteiger charge is -2.07. The standard InChI is InChI=1S/C13H15N5O/c1-10(19)7-15-12-6-13(18-9-17-12)16-8-11-2-4-14-5-3-11/h2-6,9H,7-8H2,1H3,(H2,15,16,17,18). The van der Waals surface area contributed by atoms with E-state index in [1.807, 2.05) is 12.1 Å². The van der Waals surface area contributed by atoms with E-state index in [0.717, 1.165) is 5.56 Å². The lowest BCUT2D eigenvalue weighted by atomic mass is 10.3. The maximum absolute atomic E-state index is 10.9. The fraction of sp³-hybridized carbons (Fsp3) is 0.231. The first-order valence-electron chi connectivity index (χ1n) is 5.92. The summed E-state index contributed by atoms with van der Waals surface area (Å²) in [5.41, 5.74) is 1.12. The molecule has 2 N–H and O–H groups in total. The maximum Gasteiger partial charge on any atom is 0.148 e. The molecule has 0 atom stereocenters. The van der Waals surface area contributed by atoms with Crippen LogP contribution in [0.3, 0.4) is 0 Å². The molecule has 0 bridgehead atoms. The number of anilines is 2. The monoisotopic (exact) mass is 257 g/mol. The van der Waals surface area contributed by atoms with Gasteiger partial charge < -0.3 is 10.6 Å². The Morgan fingerprint density at radius 2 is 1.84 bits per heavy atom. The van der Waals surface area contributed by atoms with Crippen molar-refractivity contribution in [2.24, 2.45) is 0 Å². The van der Waals surface area contributed by atoms with Crippen LogP contribution < -0.4 is 10.6 Å². The summed E-state index contributed by atoms with van der Waals surface area (Å²) in [4.78, 5) is 23.0. The molecular formula is C13H15N5O. The topological polar surface area (TPSA) is 79.8 Å². The van der Waals surface area contributed by atoms with Gasteiger partial charge in [-0.1, -0.05) is 0 Å². The molecule has 0 aliphatic rings. The average molecular weight is 257 g/mol. The number of hydrogen-bond donors (Lipinski definition) is 2. The normalized spacial score (nSPS) is 9.95. The van der Waals surface area contributed by atoms with Crippen LogP contribution in [0.15, 0.2) is 36.9 Å². The summed E-state index contributed by atoms with van der Waals surface area (Å²) >= 11 is 0. The number of hydrogen-bond acceptors (Lipinski definition) is 6. The van der Waals surface area contributed by atoms with E-state index >= 15 is 0 Å². The lowest BCUT2D eigenvalue weighted by molar-refractivity contribution is -0.115. The summed E-state index contributed by atoms with van der Waals surface area (Å²) in [6.45, 7) is 2.45. The highest BCUT2D eigenvalue weighted by molar-refractivity contribution is 5.80. The Morgan fingerprint density at radius 3 is 2.53 bits per heavy atom. The summed E-state index contributed by atoms with van der Waals surface area (Å²) in [7, 11) is 0. The van der Waals surface area contributed by atoms with Gasteiger partial charge in [0.15, 0.2) is 0 Å². The molecule has 0 aromatic carbocycles. The first-order chi connectivity index (χ1) is 9.24. The summed E-state index contributed by atoms with van der Waals surface area (Å²) in [5, 5.41) is 6.12. The Hall–Kier alpha value is -2.50. The van der Waals surface area contributed by atoms with E-state index in [4.69, 9.17) is 0 Å². The van der Waals surface area contributed by atoms with Crippen LogP contribution in [0.25, 0.3) is 0 Å². The van der Waals surface area contributed by atoms with Gasteiger partial charge in [0.1, 0.15) is 23.7 Å². The van der Waals surface area contributed by atoms with Crippen molar-refractivity contribution in [3.05, 3.63) is 42.5 Å². The molecule has 0 radical (unpaired) electrons. The highest BCUT2D eigenvalue weighted by Gasteiger charge is 2.00. The first-order valence-corrected chi connectivity index (χ1v) is 5.92. The third kappa shape index (κ3) is 4.34. The molecule has 0 aliphatic carbocycles. The summed E-state index contributed by atoms with van der Waals surface area (Å²) < 4.78 is 0. The van der Waals surface area contributed by atoms with Crippen LogP contribution >= 0.6 is 0 Å². The summed E-state index contributed by atoms with van der Waals surface area (Å²) in [5.74, 6) is 1.39. The van der Waals surface area contributed by atoms with E-state index in [1.165, 1.54) is 13.3 Å². The van der Waals surface area contributed by atoms with Crippen LogP contribution in [0.5, 0.6) is 0 Å². The number of nitrogens with one attached hydrogen (secondary N) is 2. The zero-order valence-corrected chi connectivity index (χ0v) is 10.6. The highest BCUT2D eigenvalue weighted by Crippen LogP contribution is 2.09. The molecule has 0 saturated heterocycles. The van der Waals surface area contributed by atoms with Gasteiger partial charge in [0.2, 0.25) is 0 Å². The molecule has 2 heterocycles. The number of pyridine rings is 1. The van der Waals surface area contributed by atoms with Crippen molar-refractivity contribution < 1.29 is 4.79 Å². The van der Waals surface area contributed by atoms with Crippen LogP contribution in [0.2, 0.25) is 0 Å². The molecular weight excluding hydrogens is 242 g/mol. The van der Waals surface area contributed by atoms with Crippen LogP contribution in [-0.4, -0.2) is 27.3 Å². The van der Waals surface area contributed by atoms with Gasteiger partial charge in [-0.3, -0.25) is 9.78 Å². The average Bonchev–Trinajstić information content (AvgIpc) is 2.44. The van der Waals surface area contributed by atoms with E-state index in [2.05, 4.69) is 25.6 Å². The smallest absolute Gasteiger partial charge is 0.148 e. The van der Waals surface area contributed by atoms with Crippen molar-refractivity contribution in [1.82, 2.24) is 15.0 Å². The van der Waals surface area contributed by atoms with E-state index in [9.17, 15) is 4.79 Å². The Bertz CT molecular complexity index is 544. The highest BCUT2D eigenvalue weighted by atomic mass is 16.1. The van der Waals surface area contributed by atoms with E-state index in [-0.39, 0.29) is 12.3 Å². The molecule has 0 aliphatic heterocycles. The van der Waals surface area contributed by atoms with Crippen molar-refractivity contribution in [3.63, 3.8) is 0 Å². The molecule has 6 heteroatoms. The molecule has 0 amide bonds. The van der Waals surface area contributed by atoms with Gasteiger partial charge in [-0.2, -0.15) is 0 Å². The lowest BCUT2D eigenvalue weighted by Crippen LogP contribution is -2.11. The van der Waals surface area contributed by atoms with E-state index in [0.29, 0.717) is 18.2 Å². The molecule has 0 unspecified atom stereocenters. The molecule has 19 heavy (non-hydrogen) atoms. The van der Waals surface area contributed by atoms with Crippen molar-refractivity contribution in [2.45, 2.75) is 13.5 Å². The zero-order chi connectivity index (χ0) is 13.5. The maximum atomic E-state index is 10.9. The number of carbonyl (C=O) groups is 1. The number of Topliss-reactive ketones (excluding diaryl/α,β-unsaturated/α-hetero) is 1. The van der Waals surface area contributed by atoms with Gasteiger partial charge in [-0.25, -0.2) is 9.97 Å². The van der Waals surface area contributed by atoms with Crippen LogP contribution in [0, 0.1) is 0 Å². The Labute approximate surface area is 111 Å². The minimum atomic E-state index is 0.0601. The number of carbonyl (C=O) groups excluding carboxylic acids is 1. The van der Waals surface area contributed by atoms with Gasteiger partial charge in [-0.05, 0) is 24.6 Å². The second-order valence-electron chi connectivity index (χ2n) is 4.05. The van der Waals surface area contributed by atoms with Crippen molar-refractivity contribution in [3.8, 4) is 0 Å². The van der Waals surface area contributed by atoms with Crippen molar-refractivity contribution in [2.75, 3.05) is 17.2 Å². The molecule has 0 saturated carbocycles. The van der Waals surface area contributed by atoms with E-state index < -0.39 is 0 Å². The molecule has 6 nitrogen and oxygen atoms in total. The SMILES string of the molecule is CC(=O)CNc1cc(NCc2ccncc2)ncn1. The Kier molecular flexibility index (Phi) is 4.39. The quantitative estimate of drug-likeness (QED) is 0.816. The predicted molar refractivity (Wildman–Crippen MR) is 72.8 cm³/mol. The van der Waals surface area contributed by atoms with Crippen LogP contribution in [-0.2, 0) is 11.3 Å². The number of aromatic nitrogens is 3. The van der Waals surface area contributed by atoms with Crippen molar-refractivity contribution >= 4 is 17.4 Å². The minimum Gasteiger partial charge on any atom is -0.366 e. The first kappa shape index (κ1) is 12.9. The second kappa shape index (κ2) is 6.44. The predicted octanol–water partition coefficient (Wildman–Crippen LogP) is 1.48. The molecule has 98 valence electrons. The molecule has 2 aromatic heterocycles. The third-order valence-electron chi connectivity index (χ3n) is 2.41. The molecule has 2 aromatic rings. The van der Waals surface area contributed by atoms with Gasteiger partial charge in [-0.15, -0.1) is 0 Å². The second-order valence-corrected chi connectivity index (χ2v) is 4.05. The Balaban J connectivity index is 1.93. The van der Waals surface area contributed by atoms with Gasteiger partial charge in [0, 0.05) is 25.0 Å². The van der Waals surface area contributed by atoms with Gasteiger partial charge in [0.25, 0.3) is 0 Å². The summed E-state index contributed by atoms with van der Waals surface area (Å²) in [6, 6.07) is 5.64. The van der Waals surface area contributed by atoms with Crippen LogP contribution in [0.4, 0.5) is 11.6 Å². The van der Waals surface area contributed by atoms with Crippen LogP contribution in [0.1, 0.15) is 12.5 Å². The fourth-order valence-electron chi connectivity index (χ4n) is 1.46.